The van der Waals surface area contributed by atoms with Crippen LogP contribution in [0, 0.1) is 0 Å². The van der Waals surface area contributed by atoms with Crippen molar-refractivity contribution in [3.8, 4) is 0 Å². The standard InChI is InChI=1S/C14H20N2O3/c1-2-11-6-3-4-8-16(11)13(17)10-15-14(18)12-7-5-9-19-12/h5,7,9,11H,2-4,6,8,10H2,1H3,(H,15,18). The first-order valence-corrected chi connectivity index (χ1v) is 6.83. The molecule has 19 heavy (non-hydrogen) atoms. The molecule has 0 spiro atoms. The fraction of sp³-hybridized carbons (Fsp3) is 0.571. The van der Waals surface area contributed by atoms with Crippen LogP contribution in [-0.2, 0) is 4.79 Å². The summed E-state index contributed by atoms with van der Waals surface area (Å²) in [6, 6.07) is 3.55. The maximum Gasteiger partial charge on any atom is 0.287 e. The number of furan rings is 1. The van der Waals surface area contributed by atoms with E-state index in [1.54, 1.807) is 12.1 Å². The fourth-order valence-electron chi connectivity index (χ4n) is 2.51. The Kier molecular flexibility index (Phi) is 4.60. The number of amides is 2. The van der Waals surface area contributed by atoms with Gasteiger partial charge in [-0.2, -0.15) is 0 Å². The minimum absolute atomic E-state index is 0.00791. The molecule has 1 aromatic heterocycles. The summed E-state index contributed by atoms with van der Waals surface area (Å²) in [5, 5.41) is 2.60. The molecule has 1 fully saturated rings. The van der Waals surface area contributed by atoms with Crippen molar-refractivity contribution in [1.29, 1.82) is 0 Å². The van der Waals surface area contributed by atoms with E-state index in [0.29, 0.717) is 6.04 Å². The SMILES string of the molecule is CCC1CCCCN1C(=O)CNC(=O)c1ccco1. The molecule has 1 unspecified atom stereocenters. The van der Waals surface area contributed by atoms with Crippen LogP contribution in [-0.4, -0.2) is 35.8 Å². The van der Waals surface area contributed by atoms with Crippen LogP contribution in [0.25, 0.3) is 0 Å². The lowest BCUT2D eigenvalue weighted by Gasteiger charge is -2.35. The third kappa shape index (κ3) is 3.36. The van der Waals surface area contributed by atoms with Gasteiger partial charge in [-0.05, 0) is 37.8 Å². The fourth-order valence-corrected chi connectivity index (χ4v) is 2.51. The second-order valence-corrected chi connectivity index (χ2v) is 4.80. The van der Waals surface area contributed by atoms with E-state index in [2.05, 4.69) is 12.2 Å². The highest BCUT2D eigenvalue weighted by Crippen LogP contribution is 2.19. The number of piperidine rings is 1. The maximum absolute atomic E-state index is 12.1. The lowest BCUT2D eigenvalue weighted by Crippen LogP contribution is -2.47. The van der Waals surface area contributed by atoms with Crippen molar-refractivity contribution in [2.24, 2.45) is 0 Å². The molecule has 0 bridgehead atoms. The summed E-state index contributed by atoms with van der Waals surface area (Å²) in [4.78, 5) is 25.7. The van der Waals surface area contributed by atoms with E-state index < -0.39 is 0 Å². The lowest BCUT2D eigenvalue weighted by atomic mass is 10.00. The topological polar surface area (TPSA) is 62.6 Å². The van der Waals surface area contributed by atoms with E-state index in [0.717, 1.165) is 25.8 Å². The highest BCUT2D eigenvalue weighted by molar-refractivity contribution is 5.94. The number of carbonyl (C=O) groups is 2. The summed E-state index contributed by atoms with van der Waals surface area (Å²) in [5.41, 5.74) is 0. The van der Waals surface area contributed by atoms with Crippen LogP contribution >= 0.6 is 0 Å². The van der Waals surface area contributed by atoms with Gasteiger partial charge in [0.25, 0.3) is 5.91 Å². The average Bonchev–Trinajstić information content (AvgIpc) is 2.98. The van der Waals surface area contributed by atoms with Gasteiger partial charge in [-0.3, -0.25) is 9.59 Å². The zero-order valence-electron chi connectivity index (χ0n) is 11.2. The number of hydrogen-bond donors (Lipinski definition) is 1. The first-order valence-electron chi connectivity index (χ1n) is 6.83. The maximum atomic E-state index is 12.1. The molecule has 2 rings (SSSR count). The number of nitrogens with one attached hydrogen (secondary N) is 1. The van der Waals surface area contributed by atoms with E-state index in [9.17, 15) is 9.59 Å². The molecule has 0 radical (unpaired) electrons. The molecule has 1 atom stereocenters. The monoisotopic (exact) mass is 264 g/mol. The first kappa shape index (κ1) is 13.6. The Hall–Kier alpha value is -1.78. The molecule has 5 nitrogen and oxygen atoms in total. The molecule has 5 heteroatoms. The Balaban J connectivity index is 1.85. The first-order chi connectivity index (χ1) is 9.22. The van der Waals surface area contributed by atoms with Crippen LogP contribution in [0.4, 0.5) is 0 Å². The van der Waals surface area contributed by atoms with Crippen LogP contribution < -0.4 is 5.32 Å². The van der Waals surface area contributed by atoms with Gasteiger partial charge in [0, 0.05) is 12.6 Å². The molecular weight excluding hydrogens is 244 g/mol. The van der Waals surface area contributed by atoms with Gasteiger partial charge in [-0.25, -0.2) is 0 Å². The number of rotatable bonds is 4. The van der Waals surface area contributed by atoms with Crippen molar-refractivity contribution in [3.63, 3.8) is 0 Å². The number of likely N-dealkylation sites (tertiary alicyclic amines) is 1. The predicted molar refractivity (Wildman–Crippen MR) is 70.7 cm³/mol. The zero-order valence-corrected chi connectivity index (χ0v) is 11.2. The molecule has 1 aliphatic rings. The Morgan fingerprint density at radius 2 is 2.32 bits per heavy atom. The third-order valence-electron chi connectivity index (χ3n) is 3.56. The summed E-state index contributed by atoms with van der Waals surface area (Å²) in [5.74, 6) is -0.117. The molecular formula is C14H20N2O3. The van der Waals surface area contributed by atoms with Crippen molar-refractivity contribution >= 4 is 11.8 Å². The number of carbonyl (C=O) groups excluding carboxylic acids is 2. The zero-order chi connectivity index (χ0) is 13.7. The van der Waals surface area contributed by atoms with Gasteiger partial charge in [-0.1, -0.05) is 6.92 Å². The molecule has 0 saturated carbocycles. The number of hydrogen-bond acceptors (Lipinski definition) is 3. The van der Waals surface area contributed by atoms with E-state index in [1.807, 2.05) is 4.90 Å². The van der Waals surface area contributed by atoms with Gasteiger partial charge < -0.3 is 14.6 Å². The Morgan fingerprint density at radius 3 is 3.00 bits per heavy atom. The van der Waals surface area contributed by atoms with Crippen LogP contribution in [0.5, 0.6) is 0 Å². The number of nitrogens with zero attached hydrogens (tertiary/aromatic N) is 1. The van der Waals surface area contributed by atoms with Crippen molar-refractivity contribution in [3.05, 3.63) is 24.2 Å². The Labute approximate surface area is 113 Å². The van der Waals surface area contributed by atoms with Crippen molar-refractivity contribution in [1.82, 2.24) is 10.2 Å². The molecule has 104 valence electrons. The molecule has 2 amide bonds. The van der Waals surface area contributed by atoms with Crippen molar-refractivity contribution < 1.29 is 14.0 Å². The van der Waals surface area contributed by atoms with Gasteiger partial charge in [0.1, 0.15) is 0 Å². The Morgan fingerprint density at radius 1 is 1.47 bits per heavy atom. The summed E-state index contributed by atoms with van der Waals surface area (Å²) in [6.07, 6.45) is 5.70. The van der Waals surface area contributed by atoms with Crippen LogP contribution in [0.1, 0.15) is 43.2 Å². The molecule has 1 aromatic rings. The summed E-state index contributed by atoms with van der Waals surface area (Å²) < 4.78 is 4.98. The van der Waals surface area contributed by atoms with Gasteiger partial charge in [0.15, 0.2) is 5.76 Å². The summed E-state index contributed by atoms with van der Waals surface area (Å²) >= 11 is 0. The summed E-state index contributed by atoms with van der Waals surface area (Å²) in [7, 11) is 0. The molecule has 2 heterocycles. The van der Waals surface area contributed by atoms with E-state index in [4.69, 9.17) is 4.42 Å². The normalized spacial score (nSPS) is 19.2. The second kappa shape index (κ2) is 6.41. The third-order valence-corrected chi connectivity index (χ3v) is 3.56. The van der Waals surface area contributed by atoms with Crippen LogP contribution in [0.2, 0.25) is 0 Å². The predicted octanol–water partition coefficient (Wildman–Crippen LogP) is 1.80. The molecule has 1 N–H and O–H groups in total. The van der Waals surface area contributed by atoms with E-state index >= 15 is 0 Å². The van der Waals surface area contributed by atoms with Crippen molar-refractivity contribution in [2.75, 3.05) is 13.1 Å². The largest absolute Gasteiger partial charge is 0.459 e. The average molecular weight is 264 g/mol. The second-order valence-electron chi connectivity index (χ2n) is 4.80. The lowest BCUT2D eigenvalue weighted by molar-refractivity contribution is -0.133. The van der Waals surface area contributed by atoms with Gasteiger partial charge >= 0.3 is 0 Å². The van der Waals surface area contributed by atoms with E-state index in [-0.39, 0.29) is 24.1 Å². The minimum atomic E-state index is -0.344. The van der Waals surface area contributed by atoms with Crippen LogP contribution in [0.15, 0.2) is 22.8 Å². The molecule has 0 aromatic carbocycles. The molecule has 1 saturated heterocycles. The highest BCUT2D eigenvalue weighted by atomic mass is 16.3. The van der Waals surface area contributed by atoms with Crippen molar-refractivity contribution in [2.45, 2.75) is 38.6 Å². The van der Waals surface area contributed by atoms with Gasteiger partial charge in [0.05, 0.1) is 12.8 Å². The van der Waals surface area contributed by atoms with Gasteiger partial charge in [-0.15, -0.1) is 0 Å². The van der Waals surface area contributed by atoms with Gasteiger partial charge in [0.2, 0.25) is 5.91 Å². The quantitative estimate of drug-likeness (QED) is 0.902. The highest BCUT2D eigenvalue weighted by Gasteiger charge is 2.25. The smallest absolute Gasteiger partial charge is 0.287 e. The molecule has 1 aliphatic heterocycles. The minimum Gasteiger partial charge on any atom is -0.459 e. The summed E-state index contributed by atoms with van der Waals surface area (Å²) in [6.45, 7) is 2.93. The molecule has 0 aliphatic carbocycles. The van der Waals surface area contributed by atoms with Crippen LogP contribution in [0.3, 0.4) is 0 Å². The van der Waals surface area contributed by atoms with E-state index in [1.165, 1.54) is 12.7 Å². The Bertz CT molecular complexity index is 428.